The molecule has 2 atom stereocenters. The Morgan fingerprint density at radius 2 is 2.05 bits per heavy atom. The molecule has 1 saturated heterocycles. The van der Waals surface area contributed by atoms with E-state index in [0.717, 1.165) is 24.3 Å². The molecule has 3 rings (SSSR count). The van der Waals surface area contributed by atoms with Gasteiger partial charge in [0.25, 0.3) is 0 Å². The molecule has 2 heterocycles. The van der Waals surface area contributed by atoms with Crippen molar-refractivity contribution in [3.05, 3.63) is 30.2 Å². The average molecular weight is 275 g/mol. The fourth-order valence-electron chi connectivity index (χ4n) is 2.31. The molecule has 0 amide bonds. The minimum Gasteiger partial charge on any atom is -0.497 e. The lowest BCUT2D eigenvalue weighted by Gasteiger charge is -2.04. The molecule has 0 spiro atoms. The smallest absolute Gasteiger partial charge is 0.244 e. The van der Waals surface area contributed by atoms with Crippen LogP contribution in [-0.4, -0.2) is 37.0 Å². The van der Waals surface area contributed by atoms with Crippen molar-refractivity contribution in [3.63, 3.8) is 0 Å². The van der Waals surface area contributed by atoms with Gasteiger partial charge in [0.05, 0.1) is 19.3 Å². The molecule has 0 saturated carbocycles. The van der Waals surface area contributed by atoms with Crippen LogP contribution in [0.5, 0.6) is 5.75 Å². The highest BCUT2D eigenvalue weighted by molar-refractivity contribution is 5.55. The fourth-order valence-corrected chi connectivity index (χ4v) is 2.31. The van der Waals surface area contributed by atoms with Gasteiger partial charge in [-0.25, -0.2) is 0 Å². The van der Waals surface area contributed by atoms with Crippen molar-refractivity contribution in [3.8, 4) is 17.1 Å². The Balaban J connectivity index is 1.76. The molecule has 1 aliphatic heterocycles. The van der Waals surface area contributed by atoms with Crippen LogP contribution in [-0.2, 0) is 4.74 Å². The van der Waals surface area contributed by atoms with E-state index in [1.54, 1.807) is 14.2 Å². The minimum absolute atomic E-state index is 0.0689. The largest absolute Gasteiger partial charge is 0.497 e. The first kappa shape index (κ1) is 13.1. The highest BCUT2D eigenvalue weighted by Gasteiger charge is 2.29. The maximum absolute atomic E-state index is 5.34. The summed E-state index contributed by atoms with van der Waals surface area (Å²) in [5, 5.41) is 7.35. The molecule has 106 valence electrons. The molecular weight excluding hydrogens is 258 g/mol. The SMILES string of the molecule is COc1ccc(-c2noc(C3CC(OC)CN3)n2)cc1. The highest BCUT2D eigenvalue weighted by atomic mass is 16.5. The minimum atomic E-state index is 0.0689. The van der Waals surface area contributed by atoms with Crippen LogP contribution in [0.25, 0.3) is 11.4 Å². The van der Waals surface area contributed by atoms with E-state index in [9.17, 15) is 0 Å². The Kier molecular flexibility index (Phi) is 3.66. The lowest BCUT2D eigenvalue weighted by atomic mass is 10.2. The van der Waals surface area contributed by atoms with Gasteiger partial charge in [-0.1, -0.05) is 5.16 Å². The summed E-state index contributed by atoms with van der Waals surface area (Å²) in [4.78, 5) is 4.45. The van der Waals surface area contributed by atoms with Gasteiger partial charge in [0.2, 0.25) is 11.7 Å². The van der Waals surface area contributed by atoms with Crippen molar-refractivity contribution in [1.82, 2.24) is 15.5 Å². The van der Waals surface area contributed by atoms with Crippen LogP contribution >= 0.6 is 0 Å². The third kappa shape index (κ3) is 2.52. The first-order valence-corrected chi connectivity index (χ1v) is 6.54. The maximum atomic E-state index is 5.34. The zero-order valence-electron chi connectivity index (χ0n) is 11.5. The first-order chi connectivity index (χ1) is 9.80. The van der Waals surface area contributed by atoms with Gasteiger partial charge >= 0.3 is 0 Å². The third-order valence-electron chi connectivity index (χ3n) is 3.51. The van der Waals surface area contributed by atoms with Gasteiger partial charge in [0.15, 0.2) is 0 Å². The molecule has 1 aromatic heterocycles. The molecule has 1 aromatic carbocycles. The molecule has 0 radical (unpaired) electrons. The number of aromatic nitrogens is 2. The summed E-state index contributed by atoms with van der Waals surface area (Å²) in [5.74, 6) is 2.00. The number of rotatable bonds is 4. The molecule has 1 N–H and O–H groups in total. The van der Waals surface area contributed by atoms with E-state index in [1.165, 1.54) is 0 Å². The molecule has 2 unspecified atom stereocenters. The summed E-state index contributed by atoms with van der Waals surface area (Å²) < 4.78 is 15.8. The van der Waals surface area contributed by atoms with E-state index in [4.69, 9.17) is 14.0 Å². The standard InChI is InChI=1S/C14H17N3O3/c1-18-10-5-3-9(4-6-10)13-16-14(20-17-13)12-7-11(19-2)8-15-12/h3-6,11-12,15H,7-8H2,1-2H3. The van der Waals surface area contributed by atoms with Gasteiger partial charge in [0.1, 0.15) is 5.75 Å². The molecule has 0 aliphatic carbocycles. The zero-order chi connectivity index (χ0) is 13.9. The van der Waals surface area contributed by atoms with E-state index < -0.39 is 0 Å². The Bertz CT molecular complexity index is 567. The normalized spacial score (nSPS) is 22.1. The number of nitrogens with one attached hydrogen (secondary N) is 1. The number of benzene rings is 1. The summed E-state index contributed by atoms with van der Waals surface area (Å²) >= 11 is 0. The summed E-state index contributed by atoms with van der Waals surface area (Å²) in [6.45, 7) is 0.807. The molecule has 0 bridgehead atoms. The van der Waals surface area contributed by atoms with Gasteiger partial charge in [-0.3, -0.25) is 0 Å². The molecule has 20 heavy (non-hydrogen) atoms. The number of nitrogens with zero attached hydrogens (tertiary/aromatic N) is 2. The van der Waals surface area contributed by atoms with Gasteiger partial charge in [0, 0.05) is 19.2 Å². The van der Waals surface area contributed by atoms with Crippen molar-refractivity contribution in [2.24, 2.45) is 0 Å². The Hall–Kier alpha value is -1.92. The predicted octanol–water partition coefficient (Wildman–Crippen LogP) is 1.79. The van der Waals surface area contributed by atoms with Gasteiger partial charge in [-0.05, 0) is 30.7 Å². The lowest BCUT2D eigenvalue weighted by molar-refractivity contribution is 0.116. The van der Waals surface area contributed by atoms with Gasteiger partial charge in [-0.2, -0.15) is 4.98 Å². The number of hydrogen-bond acceptors (Lipinski definition) is 6. The summed E-state index contributed by atoms with van der Waals surface area (Å²) in [7, 11) is 3.35. The van der Waals surface area contributed by atoms with Crippen LogP contribution in [0.4, 0.5) is 0 Å². The van der Waals surface area contributed by atoms with Crippen LogP contribution in [0.1, 0.15) is 18.4 Å². The van der Waals surface area contributed by atoms with E-state index in [0.29, 0.717) is 11.7 Å². The molecule has 6 nitrogen and oxygen atoms in total. The topological polar surface area (TPSA) is 69.4 Å². The second-order valence-electron chi connectivity index (χ2n) is 4.74. The maximum Gasteiger partial charge on any atom is 0.244 e. The summed E-state index contributed by atoms with van der Waals surface area (Å²) in [6.07, 6.45) is 1.05. The third-order valence-corrected chi connectivity index (χ3v) is 3.51. The van der Waals surface area contributed by atoms with Crippen LogP contribution in [0, 0.1) is 0 Å². The van der Waals surface area contributed by atoms with Crippen LogP contribution in [0.2, 0.25) is 0 Å². The molecule has 6 heteroatoms. The molecular formula is C14H17N3O3. The average Bonchev–Trinajstić information content (AvgIpc) is 3.16. The highest BCUT2D eigenvalue weighted by Crippen LogP contribution is 2.26. The van der Waals surface area contributed by atoms with Crippen molar-refractivity contribution in [2.45, 2.75) is 18.6 Å². The van der Waals surface area contributed by atoms with Gasteiger partial charge in [-0.15, -0.1) is 0 Å². The van der Waals surface area contributed by atoms with Crippen molar-refractivity contribution in [2.75, 3.05) is 20.8 Å². The number of ether oxygens (including phenoxy) is 2. The Morgan fingerprint density at radius 3 is 2.70 bits per heavy atom. The zero-order valence-corrected chi connectivity index (χ0v) is 11.5. The Morgan fingerprint density at radius 1 is 1.25 bits per heavy atom. The van der Waals surface area contributed by atoms with Crippen molar-refractivity contribution < 1.29 is 14.0 Å². The Labute approximate surface area is 117 Å². The number of hydrogen-bond donors (Lipinski definition) is 1. The fraction of sp³-hybridized carbons (Fsp3) is 0.429. The lowest BCUT2D eigenvalue weighted by Crippen LogP contribution is -2.16. The molecule has 1 aliphatic rings. The van der Waals surface area contributed by atoms with Crippen molar-refractivity contribution in [1.29, 1.82) is 0 Å². The molecule has 1 fully saturated rings. The van der Waals surface area contributed by atoms with E-state index >= 15 is 0 Å². The van der Waals surface area contributed by atoms with Crippen molar-refractivity contribution >= 4 is 0 Å². The van der Waals surface area contributed by atoms with Crippen LogP contribution < -0.4 is 10.1 Å². The van der Waals surface area contributed by atoms with E-state index in [2.05, 4.69) is 15.5 Å². The first-order valence-electron chi connectivity index (χ1n) is 6.54. The predicted molar refractivity (Wildman–Crippen MR) is 72.4 cm³/mol. The summed E-state index contributed by atoms with van der Waals surface area (Å²) in [6, 6.07) is 7.64. The molecule has 2 aromatic rings. The van der Waals surface area contributed by atoms with E-state index in [1.807, 2.05) is 24.3 Å². The second kappa shape index (κ2) is 5.60. The van der Waals surface area contributed by atoms with E-state index in [-0.39, 0.29) is 12.1 Å². The summed E-state index contributed by atoms with van der Waals surface area (Å²) in [5.41, 5.74) is 0.905. The van der Waals surface area contributed by atoms with Gasteiger partial charge < -0.3 is 19.3 Å². The van der Waals surface area contributed by atoms with Crippen LogP contribution in [0.3, 0.4) is 0 Å². The second-order valence-corrected chi connectivity index (χ2v) is 4.74. The monoisotopic (exact) mass is 275 g/mol. The number of methoxy groups -OCH3 is 2. The van der Waals surface area contributed by atoms with Crippen LogP contribution in [0.15, 0.2) is 28.8 Å². The quantitative estimate of drug-likeness (QED) is 0.917.